The standard InChI is InChI=1S/C15H22N2O5S2/c1-3-4-5-10-16-24(21,22)14-8-6-13(7-9-14)17-15(18)12(2)11-23(17,19)20/h6-9,12,16H,3-5,10-11H2,1-2H3. The Hall–Kier alpha value is -1.45. The van der Waals surface area contributed by atoms with Gasteiger partial charge in [0.1, 0.15) is 0 Å². The van der Waals surface area contributed by atoms with Crippen molar-refractivity contribution in [3.63, 3.8) is 0 Å². The minimum atomic E-state index is -3.69. The summed E-state index contributed by atoms with van der Waals surface area (Å²) in [7, 11) is -7.33. The van der Waals surface area contributed by atoms with E-state index in [-0.39, 0.29) is 16.3 Å². The molecule has 0 aromatic heterocycles. The van der Waals surface area contributed by atoms with Gasteiger partial charge in [-0.1, -0.05) is 26.7 Å². The summed E-state index contributed by atoms with van der Waals surface area (Å²) in [4.78, 5) is 12.1. The van der Waals surface area contributed by atoms with Gasteiger partial charge in [0.25, 0.3) is 0 Å². The van der Waals surface area contributed by atoms with E-state index in [1.807, 2.05) is 6.92 Å². The lowest BCUT2D eigenvalue weighted by Gasteiger charge is -2.15. The molecule has 134 valence electrons. The number of carbonyl (C=O) groups excluding carboxylic acids is 1. The Kier molecular flexibility index (Phi) is 5.67. The van der Waals surface area contributed by atoms with Crippen LogP contribution in [0.25, 0.3) is 0 Å². The largest absolute Gasteiger partial charge is 0.273 e. The highest BCUT2D eigenvalue weighted by Crippen LogP contribution is 2.28. The van der Waals surface area contributed by atoms with Crippen molar-refractivity contribution in [2.75, 3.05) is 16.6 Å². The molecular formula is C15H22N2O5S2. The lowest BCUT2D eigenvalue weighted by Crippen LogP contribution is -2.30. The second-order valence-corrected chi connectivity index (χ2v) is 9.51. The zero-order valence-electron chi connectivity index (χ0n) is 13.7. The van der Waals surface area contributed by atoms with E-state index in [9.17, 15) is 21.6 Å². The third kappa shape index (κ3) is 3.96. The van der Waals surface area contributed by atoms with Crippen molar-refractivity contribution in [1.82, 2.24) is 4.72 Å². The predicted octanol–water partition coefficient (Wildman–Crippen LogP) is 1.47. The normalized spacial score (nSPS) is 20.5. The molecule has 1 aromatic carbocycles. The highest BCUT2D eigenvalue weighted by molar-refractivity contribution is 7.94. The molecule has 2 rings (SSSR count). The van der Waals surface area contributed by atoms with E-state index in [4.69, 9.17) is 0 Å². The number of nitrogens with one attached hydrogen (secondary N) is 1. The maximum atomic E-state index is 12.2. The van der Waals surface area contributed by atoms with Crippen molar-refractivity contribution >= 4 is 31.6 Å². The quantitative estimate of drug-likeness (QED) is 0.728. The number of hydrogen-bond donors (Lipinski definition) is 1. The van der Waals surface area contributed by atoms with E-state index in [0.29, 0.717) is 6.54 Å². The summed E-state index contributed by atoms with van der Waals surface area (Å²) >= 11 is 0. The van der Waals surface area contributed by atoms with Crippen LogP contribution in [-0.2, 0) is 24.8 Å². The van der Waals surface area contributed by atoms with Gasteiger partial charge < -0.3 is 0 Å². The van der Waals surface area contributed by atoms with Crippen LogP contribution in [0.4, 0.5) is 5.69 Å². The van der Waals surface area contributed by atoms with E-state index >= 15 is 0 Å². The van der Waals surface area contributed by atoms with Crippen LogP contribution >= 0.6 is 0 Å². The van der Waals surface area contributed by atoms with Gasteiger partial charge >= 0.3 is 0 Å². The molecule has 1 saturated heterocycles. The lowest BCUT2D eigenvalue weighted by molar-refractivity contribution is -0.119. The molecule has 1 fully saturated rings. The third-order valence-electron chi connectivity index (χ3n) is 3.81. The first-order valence-corrected chi connectivity index (χ1v) is 10.9. The lowest BCUT2D eigenvalue weighted by atomic mass is 10.2. The van der Waals surface area contributed by atoms with E-state index in [0.717, 1.165) is 23.6 Å². The Morgan fingerprint density at radius 1 is 1.21 bits per heavy atom. The van der Waals surface area contributed by atoms with Crippen molar-refractivity contribution < 1.29 is 21.6 Å². The molecule has 1 aliphatic rings. The maximum Gasteiger partial charge on any atom is 0.244 e. The first-order chi connectivity index (χ1) is 11.2. The highest BCUT2D eigenvalue weighted by atomic mass is 32.2. The second-order valence-electron chi connectivity index (χ2n) is 5.88. The van der Waals surface area contributed by atoms with Gasteiger partial charge in [0.15, 0.2) is 0 Å². The summed E-state index contributed by atoms with van der Waals surface area (Å²) in [6.45, 7) is 3.94. The molecule has 1 aliphatic heterocycles. The zero-order valence-corrected chi connectivity index (χ0v) is 15.4. The Balaban J connectivity index is 2.18. The average Bonchev–Trinajstić information content (AvgIpc) is 2.72. The molecule has 1 heterocycles. The Morgan fingerprint density at radius 2 is 1.83 bits per heavy atom. The second kappa shape index (κ2) is 7.20. The fraction of sp³-hybridized carbons (Fsp3) is 0.533. The Morgan fingerprint density at radius 3 is 2.33 bits per heavy atom. The first kappa shape index (κ1) is 18.9. The summed E-state index contributed by atoms with van der Waals surface area (Å²) < 4.78 is 51.7. The number of anilines is 1. The van der Waals surface area contributed by atoms with Crippen LogP contribution in [0.15, 0.2) is 29.2 Å². The van der Waals surface area contributed by atoms with Crippen LogP contribution in [0.1, 0.15) is 33.1 Å². The monoisotopic (exact) mass is 374 g/mol. The minimum Gasteiger partial charge on any atom is -0.273 e. The number of carbonyl (C=O) groups is 1. The number of hydrogen-bond acceptors (Lipinski definition) is 5. The zero-order chi connectivity index (χ0) is 18.0. The van der Waals surface area contributed by atoms with E-state index in [1.54, 1.807) is 6.92 Å². The first-order valence-electron chi connectivity index (χ1n) is 7.85. The summed E-state index contributed by atoms with van der Waals surface area (Å²) in [5.74, 6) is -1.33. The molecule has 0 saturated carbocycles. The molecule has 7 nitrogen and oxygen atoms in total. The van der Waals surface area contributed by atoms with Gasteiger partial charge in [0.2, 0.25) is 26.0 Å². The summed E-state index contributed by atoms with van der Waals surface area (Å²) in [6.07, 6.45) is 2.69. The van der Waals surface area contributed by atoms with Crippen molar-refractivity contribution in [3.05, 3.63) is 24.3 Å². The number of unbranched alkanes of at least 4 members (excludes halogenated alkanes) is 2. The molecule has 1 aromatic rings. The van der Waals surface area contributed by atoms with Crippen LogP contribution in [-0.4, -0.2) is 35.0 Å². The summed E-state index contributed by atoms with van der Waals surface area (Å²) in [5, 5.41) is 0. The van der Waals surface area contributed by atoms with Crippen LogP contribution in [0, 0.1) is 5.92 Å². The van der Waals surface area contributed by atoms with Gasteiger partial charge in [-0.2, -0.15) is 0 Å². The molecule has 1 atom stereocenters. The van der Waals surface area contributed by atoms with Crippen LogP contribution < -0.4 is 9.03 Å². The number of nitrogens with zero attached hydrogens (tertiary/aromatic N) is 1. The van der Waals surface area contributed by atoms with Crippen LogP contribution in [0.2, 0.25) is 0 Å². The van der Waals surface area contributed by atoms with Gasteiger partial charge in [0, 0.05) is 6.54 Å². The van der Waals surface area contributed by atoms with Gasteiger partial charge in [-0.25, -0.2) is 25.9 Å². The fourth-order valence-corrected chi connectivity index (χ4v) is 5.41. The highest BCUT2D eigenvalue weighted by Gasteiger charge is 2.41. The fourth-order valence-electron chi connectivity index (χ4n) is 2.51. The van der Waals surface area contributed by atoms with Gasteiger partial charge in [-0.15, -0.1) is 0 Å². The van der Waals surface area contributed by atoms with Crippen molar-refractivity contribution in [3.8, 4) is 0 Å². The van der Waals surface area contributed by atoms with Crippen LogP contribution in [0.5, 0.6) is 0 Å². The minimum absolute atomic E-state index is 0.0415. The van der Waals surface area contributed by atoms with E-state index in [1.165, 1.54) is 24.3 Å². The average molecular weight is 374 g/mol. The molecule has 0 aliphatic carbocycles. The van der Waals surface area contributed by atoms with Crippen molar-refractivity contribution in [1.29, 1.82) is 0 Å². The SMILES string of the molecule is CCCCCNS(=O)(=O)c1ccc(N2C(=O)C(C)CS2(=O)=O)cc1. The molecule has 9 heteroatoms. The molecular weight excluding hydrogens is 352 g/mol. The van der Waals surface area contributed by atoms with Crippen molar-refractivity contribution in [2.24, 2.45) is 5.92 Å². The molecule has 1 unspecified atom stereocenters. The summed E-state index contributed by atoms with van der Waals surface area (Å²) in [6, 6.07) is 5.30. The van der Waals surface area contributed by atoms with Gasteiger partial charge in [0.05, 0.1) is 22.3 Å². The predicted molar refractivity (Wildman–Crippen MR) is 91.6 cm³/mol. The van der Waals surface area contributed by atoms with E-state index in [2.05, 4.69) is 4.72 Å². The Labute approximate surface area is 143 Å². The third-order valence-corrected chi connectivity index (χ3v) is 7.16. The molecule has 24 heavy (non-hydrogen) atoms. The molecule has 0 radical (unpaired) electrons. The molecule has 0 bridgehead atoms. The van der Waals surface area contributed by atoms with Crippen molar-refractivity contribution in [2.45, 2.75) is 38.0 Å². The number of rotatable bonds is 7. The molecule has 0 spiro atoms. The molecule has 1 N–H and O–H groups in total. The Bertz CT molecular complexity index is 801. The number of sulfonamides is 2. The smallest absolute Gasteiger partial charge is 0.244 e. The molecule has 1 amide bonds. The summed E-state index contributed by atoms with van der Waals surface area (Å²) in [5.41, 5.74) is 0.161. The number of benzene rings is 1. The topological polar surface area (TPSA) is 101 Å². The van der Waals surface area contributed by atoms with Gasteiger partial charge in [-0.05, 0) is 30.7 Å². The van der Waals surface area contributed by atoms with Crippen LogP contribution in [0.3, 0.4) is 0 Å². The van der Waals surface area contributed by atoms with Gasteiger partial charge in [-0.3, -0.25) is 4.79 Å². The number of amides is 1. The maximum absolute atomic E-state index is 12.2. The van der Waals surface area contributed by atoms with E-state index < -0.39 is 31.9 Å².